The smallest absolute Gasteiger partial charge is 0.277 e. The van der Waals surface area contributed by atoms with Gasteiger partial charge in [-0.2, -0.15) is 0 Å². The van der Waals surface area contributed by atoms with Crippen molar-refractivity contribution < 1.29 is 14.1 Å². The molecule has 122 valence electrons. The first kappa shape index (κ1) is 16.0. The average Bonchev–Trinajstić information content (AvgIpc) is 3.00. The molecule has 0 bridgehead atoms. The number of halogens is 1. The first-order valence-electron chi connectivity index (χ1n) is 7.45. The van der Waals surface area contributed by atoms with Crippen LogP contribution in [-0.4, -0.2) is 42.3 Å². The third-order valence-electron chi connectivity index (χ3n) is 3.65. The van der Waals surface area contributed by atoms with E-state index in [0.29, 0.717) is 36.2 Å². The summed E-state index contributed by atoms with van der Waals surface area (Å²) in [4.78, 5) is 14.4. The Bertz CT molecular complexity index is 696. The Balaban J connectivity index is 1.63. The van der Waals surface area contributed by atoms with E-state index in [1.165, 1.54) is 0 Å². The van der Waals surface area contributed by atoms with Crippen LogP contribution in [0, 0.1) is 6.92 Å². The van der Waals surface area contributed by atoms with E-state index in [1.54, 1.807) is 18.2 Å². The van der Waals surface area contributed by atoms with Gasteiger partial charge in [0.1, 0.15) is 0 Å². The van der Waals surface area contributed by atoms with Gasteiger partial charge in [-0.1, -0.05) is 22.8 Å². The van der Waals surface area contributed by atoms with Gasteiger partial charge >= 0.3 is 0 Å². The van der Waals surface area contributed by atoms with Crippen LogP contribution in [0.1, 0.15) is 21.8 Å². The summed E-state index contributed by atoms with van der Waals surface area (Å²) in [6, 6.07) is 7.11. The van der Waals surface area contributed by atoms with Crippen molar-refractivity contribution in [2.75, 3.05) is 31.6 Å². The van der Waals surface area contributed by atoms with Gasteiger partial charge in [-0.25, -0.2) is 0 Å². The zero-order valence-electron chi connectivity index (χ0n) is 12.8. The second-order valence-corrected chi connectivity index (χ2v) is 5.91. The molecule has 1 fully saturated rings. The summed E-state index contributed by atoms with van der Waals surface area (Å²) in [6.07, 6.45) is 0. The van der Waals surface area contributed by atoms with Crippen LogP contribution in [0.3, 0.4) is 0 Å². The quantitative estimate of drug-likeness (QED) is 0.930. The highest BCUT2D eigenvalue weighted by Crippen LogP contribution is 2.23. The van der Waals surface area contributed by atoms with Gasteiger partial charge in [0.25, 0.3) is 5.91 Å². The summed E-state index contributed by atoms with van der Waals surface area (Å²) in [5.74, 6) is 0.319. The van der Waals surface area contributed by atoms with Gasteiger partial charge < -0.3 is 14.6 Å². The molecule has 0 atom stereocenters. The minimum atomic E-state index is -0.340. The van der Waals surface area contributed by atoms with Crippen LogP contribution in [-0.2, 0) is 11.3 Å². The normalized spacial score (nSPS) is 15.6. The van der Waals surface area contributed by atoms with Crippen molar-refractivity contribution in [3.05, 3.63) is 46.3 Å². The van der Waals surface area contributed by atoms with Crippen LogP contribution in [0.5, 0.6) is 0 Å². The number of anilines is 1. The maximum Gasteiger partial charge on any atom is 0.277 e. The highest BCUT2D eigenvalue weighted by molar-refractivity contribution is 6.34. The lowest BCUT2D eigenvalue weighted by Crippen LogP contribution is -2.35. The molecular formula is C16H18ClN3O3. The van der Waals surface area contributed by atoms with Crippen molar-refractivity contribution in [1.82, 2.24) is 10.1 Å². The van der Waals surface area contributed by atoms with Crippen LogP contribution >= 0.6 is 11.6 Å². The number of nitrogens with one attached hydrogen (secondary N) is 1. The molecule has 0 spiro atoms. The number of ether oxygens (including phenoxy) is 1. The van der Waals surface area contributed by atoms with Gasteiger partial charge in [0.2, 0.25) is 0 Å². The van der Waals surface area contributed by atoms with Gasteiger partial charge in [0, 0.05) is 19.2 Å². The third kappa shape index (κ3) is 4.10. The fraction of sp³-hybridized carbons (Fsp3) is 0.375. The second-order valence-electron chi connectivity index (χ2n) is 5.50. The molecule has 2 aromatic rings. The van der Waals surface area contributed by atoms with Crippen molar-refractivity contribution in [2.45, 2.75) is 13.5 Å². The lowest BCUT2D eigenvalue weighted by Gasteiger charge is -2.25. The topological polar surface area (TPSA) is 67.6 Å². The van der Waals surface area contributed by atoms with E-state index in [1.807, 2.05) is 13.0 Å². The fourth-order valence-electron chi connectivity index (χ4n) is 2.38. The van der Waals surface area contributed by atoms with Crippen LogP contribution in [0.2, 0.25) is 5.02 Å². The summed E-state index contributed by atoms with van der Waals surface area (Å²) in [5, 5.41) is 7.08. The number of hydrogen-bond donors (Lipinski definition) is 1. The number of aryl methyl sites for hydroxylation is 1. The maximum absolute atomic E-state index is 12.2. The van der Waals surface area contributed by atoms with Gasteiger partial charge in [-0.05, 0) is 24.6 Å². The molecule has 7 heteroatoms. The Kier molecular flexibility index (Phi) is 4.95. The Morgan fingerprint density at radius 2 is 2.13 bits per heavy atom. The van der Waals surface area contributed by atoms with Crippen molar-refractivity contribution >= 4 is 23.2 Å². The zero-order valence-corrected chi connectivity index (χ0v) is 13.6. The number of rotatable bonds is 4. The summed E-state index contributed by atoms with van der Waals surface area (Å²) in [5.41, 5.74) is 1.83. The molecule has 1 aromatic heterocycles. The molecule has 1 N–H and O–H groups in total. The van der Waals surface area contributed by atoms with Gasteiger partial charge in [0.05, 0.1) is 30.5 Å². The standard InChI is InChI=1S/C16H18ClN3O3/c1-11-2-3-14(13(17)8-11)18-16(21)15-9-12(23-19-15)10-20-4-6-22-7-5-20/h2-3,8-9H,4-7,10H2,1H3,(H,18,21). The highest BCUT2D eigenvalue weighted by atomic mass is 35.5. The molecule has 3 rings (SSSR count). The maximum atomic E-state index is 12.2. The average molecular weight is 336 g/mol. The number of benzene rings is 1. The van der Waals surface area contributed by atoms with E-state index in [2.05, 4.69) is 15.4 Å². The number of morpholine rings is 1. The number of nitrogens with zero attached hydrogens (tertiary/aromatic N) is 2. The molecule has 1 amide bonds. The van der Waals surface area contributed by atoms with E-state index >= 15 is 0 Å². The number of hydrogen-bond acceptors (Lipinski definition) is 5. The Hall–Kier alpha value is -1.89. The summed E-state index contributed by atoms with van der Waals surface area (Å²) in [7, 11) is 0. The number of amides is 1. The van der Waals surface area contributed by atoms with Crippen LogP contribution in [0.15, 0.2) is 28.8 Å². The number of carbonyl (C=O) groups is 1. The molecule has 6 nitrogen and oxygen atoms in total. The monoisotopic (exact) mass is 335 g/mol. The van der Waals surface area contributed by atoms with Crippen LogP contribution in [0.25, 0.3) is 0 Å². The summed E-state index contributed by atoms with van der Waals surface area (Å²) < 4.78 is 10.6. The fourth-order valence-corrected chi connectivity index (χ4v) is 2.66. The van der Waals surface area contributed by atoms with Crippen LogP contribution in [0.4, 0.5) is 5.69 Å². The van der Waals surface area contributed by atoms with E-state index in [4.69, 9.17) is 20.9 Å². The summed E-state index contributed by atoms with van der Waals surface area (Å²) >= 11 is 6.12. The van der Waals surface area contributed by atoms with Crippen molar-refractivity contribution in [2.24, 2.45) is 0 Å². The van der Waals surface area contributed by atoms with Crippen LogP contribution < -0.4 is 5.32 Å². The predicted octanol–water partition coefficient (Wildman–Crippen LogP) is 2.72. The minimum absolute atomic E-state index is 0.241. The Morgan fingerprint density at radius 3 is 2.87 bits per heavy atom. The minimum Gasteiger partial charge on any atom is -0.379 e. The second kappa shape index (κ2) is 7.12. The van der Waals surface area contributed by atoms with E-state index in [0.717, 1.165) is 18.7 Å². The molecule has 2 heterocycles. The molecule has 1 aliphatic heterocycles. The van der Waals surface area contributed by atoms with Gasteiger partial charge in [-0.15, -0.1) is 0 Å². The molecule has 0 unspecified atom stereocenters. The SMILES string of the molecule is Cc1ccc(NC(=O)c2cc(CN3CCOCC3)on2)c(Cl)c1. The number of aromatic nitrogens is 1. The van der Waals surface area contributed by atoms with E-state index in [9.17, 15) is 4.79 Å². The molecular weight excluding hydrogens is 318 g/mol. The first-order chi connectivity index (χ1) is 11.1. The highest BCUT2D eigenvalue weighted by Gasteiger charge is 2.17. The molecule has 0 saturated carbocycles. The van der Waals surface area contributed by atoms with Gasteiger partial charge in [-0.3, -0.25) is 9.69 Å². The largest absolute Gasteiger partial charge is 0.379 e. The molecule has 0 aliphatic carbocycles. The first-order valence-corrected chi connectivity index (χ1v) is 7.83. The van der Waals surface area contributed by atoms with Gasteiger partial charge in [0.15, 0.2) is 11.5 Å². The van der Waals surface area contributed by atoms with Crippen molar-refractivity contribution in [1.29, 1.82) is 0 Å². The predicted molar refractivity (Wildman–Crippen MR) is 86.7 cm³/mol. The van der Waals surface area contributed by atoms with E-state index in [-0.39, 0.29) is 11.6 Å². The molecule has 1 aliphatic rings. The lowest BCUT2D eigenvalue weighted by atomic mass is 10.2. The zero-order chi connectivity index (χ0) is 16.2. The molecule has 0 radical (unpaired) electrons. The third-order valence-corrected chi connectivity index (χ3v) is 3.96. The Morgan fingerprint density at radius 1 is 1.35 bits per heavy atom. The summed E-state index contributed by atoms with van der Waals surface area (Å²) in [6.45, 7) is 5.69. The molecule has 1 saturated heterocycles. The van der Waals surface area contributed by atoms with E-state index < -0.39 is 0 Å². The van der Waals surface area contributed by atoms with Crippen molar-refractivity contribution in [3.8, 4) is 0 Å². The molecule has 1 aromatic carbocycles. The molecule has 23 heavy (non-hydrogen) atoms. The number of carbonyl (C=O) groups excluding carboxylic acids is 1. The lowest BCUT2D eigenvalue weighted by molar-refractivity contribution is 0.0305. The Labute approximate surface area is 139 Å². The van der Waals surface area contributed by atoms with Crippen molar-refractivity contribution in [3.63, 3.8) is 0 Å².